The molecule has 0 unspecified atom stereocenters. The first-order chi connectivity index (χ1) is 6.43. The molecule has 16 heavy (non-hydrogen) atoms. The van der Waals surface area contributed by atoms with Crippen LogP contribution in [-0.2, 0) is 32.3 Å². The third-order valence-electron chi connectivity index (χ3n) is 1.83. The molecule has 0 amide bonds. The molecule has 0 aliphatic carbocycles. The van der Waals surface area contributed by atoms with E-state index in [1.54, 1.807) is 0 Å². The Morgan fingerprint density at radius 3 is 1.75 bits per heavy atom. The number of hydrogen-bond donors (Lipinski definition) is 0. The quantitative estimate of drug-likeness (QED) is 0.380. The molecule has 86 valence electrons. The van der Waals surface area contributed by atoms with Crippen LogP contribution in [0.15, 0.2) is 54.6 Å². The minimum atomic E-state index is 0. The van der Waals surface area contributed by atoms with Gasteiger partial charge in [-0.15, -0.1) is 0 Å². The van der Waals surface area contributed by atoms with E-state index in [-0.39, 0.29) is 50.7 Å². The Labute approximate surface area is 130 Å². The van der Waals surface area contributed by atoms with Crippen molar-refractivity contribution in [2.45, 2.75) is 19.8 Å². The summed E-state index contributed by atoms with van der Waals surface area (Å²) in [5, 5.41) is 0. The molecule has 0 fully saturated rings. The van der Waals surface area contributed by atoms with Gasteiger partial charge in [-0.05, 0) is 0 Å². The van der Waals surface area contributed by atoms with E-state index in [2.05, 4.69) is 31.2 Å². The predicted molar refractivity (Wildman–Crippen MR) is 58.1 cm³/mol. The fraction of sp³-hybridized carbons (Fsp3) is 0.231. The van der Waals surface area contributed by atoms with E-state index >= 15 is 0 Å². The molecule has 3 heteroatoms. The molecule has 0 bridgehead atoms. The maximum absolute atomic E-state index is 2.20. The summed E-state index contributed by atoms with van der Waals surface area (Å²) in [6, 6.07) is 18.5. The molecule has 0 atom stereocenters. The van der Waals surface area contributed by atoms with Gasteiger partial charge in [0, 0.05) is 0 Å². The van der Waals surface area contributed by atoms with Crippen molar-refractivity contribution in [2.24, 2.45) is 0 Å². The smallest absolute Gasteiger partial charge is 1.00 e. The summed E-state index contributed by atoms with van der Waals surface area (Å²) >= 11 is 0. The van der Waals surface area contributed by atoms with Gasteiger partial charge in [0.15, 0.2) is 0 Å². The maximum atomic E-state index is 2.20. The molecule has 2 aromatic carbocycles. The Kier molecular flexibility index (Phi) is 20.3. The summed E-state index contributed by atoms with van der Waals surface area (Å²) in [4.78, 5) is 0. The average molecular weight is 422 g/mol. The minimum absolute atomic E-state index is 0. The van der Waals surface area contributed by atoms with E-state index in [9.17, 15) is 0 Å². The van der Waals surface area contributed by atoms with Crippen molar-refractivity contribution in [3.8, 4) is 0 Å². The normalized spacial score (nSPS) is 7.31. The molecule has 0 radical (unpaired) electrons. The van der Waals surface area contributed by atoms with Gasteiger partial charge in [0.1, 0.15) is 0 Å². The number of halogens is 2. The van der Waals surface area contributed by atoms with Gasteiger partial charge < -0.3 is 24.8 Å². The van der Waals surface area contributed by atoms with Crippen molar-refractivity contribution >= 4 is 0 Å². The summed E-state index contributed by atoms with van der Waals surface area (Å²) in [6.07, 6.45) is 2.48. The third-order valence-corrected chi connectivity index (χ3v) is 1.83. The van der Waals surface area contributed by atoms with Crippen LogP contribution >= 0.6 is 0 Å². The van der Waals surface area contributed by atoms with Crippen molar-refractivity contribution < 1.29 is 50.7 Å². The van der Waals surface area contributed by atoms with Crippen LogP contribution < -0.4 is 24.8 Å². The van der Waals surface area contributed by atoms with Gasteiger partial charge in [0.25, 0.3) is 0 Å². The van der Waals surface area contributed by atoms with Gasteiger partial charge in [0.2, 0.25) is 0 Å². The van der Waals surface area contributed by atoms with E-state index in [1.165, 1.54) is 18.4 Å². The molecule has 0 saturated heterocycles. The Morgan fingerprint density at radius 2 is 1.44 bits per heavy atom. The first-order valence-corrected chi connectivity index (χ1v) is 4.80. The van der Waals surface area contributed by atoms with Crippen molar-refractivity contribution in [1.82, 2.24) is 0 Å². The SMILES string of the molecule is CCC[c-]1cccc1.[Cl-].[Cl-].[Hf+4].c1cc[cH-]c1. The zero-order valence-electron chi connectivity index (χ0n) is 9.37. The van der Waals surface area contributed by atoms with E-state index in [0.29, 0.717) is 0 Å². The first kappa shape index (κ1) is 21.4. The Bertz CT molecular complexity index is 258. The van der Waals surface area contributed by atoms with E-state index in [4.69, 9.17) is 0 Å². The Morgan fingerprint density at radius 1 is 0.938 bits per heavy atom. The Hall–Kier alpha value is 0.150. The van der Waals surface area contributed by atoms with Crippen LogP contribution in [0, 0.1) is 0 Å². The zero-order valence-corrected chi connectivity index (χ0v) is 14.5. The third kappa shape index (κ3) is 10.7. The van der Waals surface area contributed by atoms with Crippen LogP contribution in [0.25, 0.3) is 0 Å². The van der Waals surface area contributed by atoms with Gasteiger partial charge in [-0.25, -0.2) is 24.3 Å². The van der Waals surface area contributed by atoms with Crippen molar-refractivity contribution in [1.29, 1.82) is 0 Å². The van der Waals surface area contributed by atoms with E-state index in [1.807, 2.05) is 30.3 Å². The van der Waals surface area contributed by atoms with Crippen LogP contribution in [0.1, 0.15) is 18.9 Å². The van der Waals surface area contributed by atoms with Gasteiger partial charge in [-0.1, -0.05) is 19.8 Å². The molecule has 0 aliphatic rings. The molecule has 0 saturated carbocycles. The van der Waals surface area contributed by atoms with Gasteiger partial charge >= 0.3 is 25.8 Å². The average Bonchev–Trinajstić information content (AvgIpc) is 2.79. The number of hydrogen-bond acceptors (Lipinski definition) is 0. The molecule has 0 heterocycles. The largest absolute Gasteiger partial charge is 4.00 e. The zero-order chi connectivity index (χ0) is 9.36. The molecular weight excluding hydrogens is 406 g/mol. The second-order valence-corrected chi connectivity index (χ2v) is 3.01. The van der Waals surface area contributed by atoms with Gasteiger partial charge in [0.05, 0.1) is 0 Å². The van der Waals surface area contributed by atoms with Gasteiger partial charge in [-0.3, -0.25) is 0 Å². The van der Waals surface area contributed by atoms with Gasteiger partial charge in [-0.2, -0.15) is 35.9 Å². The van der Waals surface area contributed by atoms with Crippen LogP contribution in [0.3, 0.4) is 0 Å². The molecule has 2 rings (SSSR count). The maximum Gasteiger partial charge on any atom is 4.00 e. The molecule has 2 aromatic rings. The van der Waals surface area contributed by atoms with Crippen LogP contribution in [0.4, 0.5) is 0 Å². The van der Waals surface area contributed by atoms with E-state index in [0.717, 1.165) is 0 Å². The standard InChI is InChI=1S/C8H11.C5H5.2ClH.Hf/c1-2-5-8-6-3-4-7-8;1-2-4-5-3-1;;;/h3-4,6-7H,2,5H2,1H3;1-5H;2*1H;/q2*-1;;;+4/p-2. The summed E-state index contributed by atoms with van der Waals surface area (Å²) in [5.74, 6) is 0. The monoisotopic (exact) mass is 422 g/mol. The summed E-state index contributed by atoms with van der Waals surface area (Å²) in [6.45, 7) is 2.20. The molecule has 0 aromatic heterocycles. The fourth-order valence-corrected chi connectivity index (χ4v) is 1.19. The number of rotatable bonds is 2. The van der Waals surface area contributed by atoms with Crippen LogP contribution in [0.2, 0.25) is 0 Å². The second-order valence-electron chi connectivity index (χ2n) is 3.01. The summed E-state index contributed by atoms with van der Waals surface area (Å²) in [5.41, 5.74) is 1.47. The van der Waals surface area contributed by atoms with Crippen molar-refractivity contribution in [2.75, 3.05) is 0 Å². The topological polar surface area (TPSA) is 0 Å². The molecular formula is C13H16Cl2Hf. The first-order valence-electron chi connectivity index (χ1n) is 4.80. The van der Waals surface area contributed by atoms with Crippen LogP contribution in [0.5, 0.6) is 0 Å². The van der Waals surface area contributed by atoms with Crippen LogP contribution in [-0.4, -0.2) is 0 Å². The Balaban J connectivity index is -0.000000189. The second kappa shape index (κ2) is 15.2. The molecule has 0 aliphatic heterocycles. The van der Waals surface area contributed by atoms with E-state index < -0.39 is 0 Å². The number of aryl methyl sites for hydroxylation is 1. The fourth-order valence-electron chi connectivity index (χ4n) is 1.19. The summed E-state index contributed by atoms with van der Waals surface area (Å²) in [7, 11) is 0. The van der Waals surface area contributed by atoms with Crippen molar-refractivity contribution in [3.63, 3.8) is 0 Å². The molecule has 0 spiro atoms. The molecule has 0 nitrogen and oxygen atoms in total. The summed E-state index contributed by atoms with van der Waals surface area (Å²) < 4.78 is 0. The predicted octanol–water partition coefficient (Wildman–Crippen LogP) is -2.23. The van der Waals surface area contributed by atoms with Crippen molar-refractivity contribution in [3.05, 3.63) is 60.2 Å². The minimum Gasteiger partial charge on any atom is -1.00 e. The molecule has 0 N–H and O–H groups in total.